The maximum Gasteiger partial charge on any atom is 0.0604 e. The Balaban J connectivity index is 2.32. The average molecular weight is 224 g/mol. The van der Waals surface area contributed by atoms with Crippen LogP contribution in [-0.4, -0.2) is 29.2 Å². The SMILES string of the molecule is CC(C)(C)C1C2CCC(NC2)N1C(C)(C)C. The van der Waals surface area contributed by atoms with E-state index < -0.39 is 0 Å². The molecule has 3 heterocycles. The zero-order valence-electron chi connectivity index (χ0n) is 11.8. The normalized spacial score (nSPS) is 36.8. The summed E-state index contributed by atoms with van der Waals surface area (Å²) in [5, 5.41) is 3.70. The lowest BCUT2D eigenvalue weighted by molar-refractivity contribution is -0.115. The Bertz CT molecular complexity index is 223. The predicted molar refractivity (Wildman–Crippen MR) is 69.3 cm³/mol. The molecule has 0 aromatic carbocycles. The molecule has 3 fully saturated rings. The number of hydrogen-bond donors (Lipinski definition) is 1. The van der Waals surface area contributed by atoms with Gasteiger partial charge in [0.1, 0.15) is 0 Å². The van der Waals surface area contributed by atoms with Gasteiger partial charge in [-0.15, -0.1) is 0 Å². The van der Waals surface area contributed by atoms with Gasteiger partial charge in [-0.25, -0.2) is 0 Å². The molecule has 0 aromatic rings. The Kier molecular flexibility index (Phi) is 2.87. The van der Waals surface area contributed by atoms with Crippen molar-refractivity contribution >= 4 is 0 Å². The fourth-order valence-corrected chi connectivity index (χ4v) is 3.80. The fourth-order valence-electron chi connectivity index (χ4n) is 3.80. The van der Waals surface area contributed by atoms with Crippen LogP contribution in [0.1, 0.15) is 54.4 Å². The van der Waals surface area contributed by atoms with E-state index in [2.05, 4.69) is 51.8 Å². The number of nitrogens with one attached hydrogen (secondary N) is 1. The van der Waals surface area contributed by atoms with Crippen LogP contribution in [0.15, 0.2) is 0 Å². The summed E-state index contributed by atoms with van der Waals surface area (Å²) in [5.41, 5.74) is 0.660. The molecular weight excluding hydrogens is 196 g/mol. The van der Waals surface area contributed by atoms with E-state index in [9.17, 15) is 0 Å². The van der Waals surface area contributed by atoms with E-state index in [1.807, 2.05) is 0 Å². The molecule has 0 spiro atoms. The summed E-state index contributed by atoms with van der Waals surface area (Å²) in [6, 6.07) is 0.729. The number of rotatable bonds is 0. The zero-order valence-corrected chi connectivity index (χ0v) is 11.8. The molecule has 3 saturated heterocycles. The van der Waals surface area contributed by atoms with Crippen molar-refractivity contribution in [1.29, 1.82) is 0 Å². The van der Waals surface area contributed by atoms with E-state index >= 15 is 0 Å². The van der Waals surface area contributed by atoms with Crippen molar-refractivity contribution < 1.29 is 0 Å². The van der Waals surface area contributed by atoms with Crippen LogP contribution in [-0.2, 0) is 0 Å². The summed E-state index contributed by atoms with van der Waals surface area (Å²) >= 11 is 0. The molecule has 0 amide bonds. The third-order valence-corrected chi connectivity index (χ3v) is 4.17. The quantitative estimate of drug-likeness (QED) is 0.680. The van der Waals surface area contributed by atoms with Crippen LogP contribution in [0.3, 0.4) is 0 Å². The van der Waals surface area contributed by atoms with Crippen molar-refractivity contribution in [3.05, 3.63) is 0 Å². The van der Waals surface area contributed by atoms with E-state index in [4.69, 9.17) is 0 Å². The van der Waals surface area contributed by atoms with Crippen LogP contribution < -0.4 is 5.32 Å². The van der Waals surface area contributed by atoms with Crippen molar-refractivity contribution in [2.24, 2.45) is 11.3 Å². The van der Waals surface area contributed by atoms with E-state index in [1.165, 1.54) is 19.4 Å². The molecule has 3 aliphatic heterocycles. The molecule has 3 atom stereocenters. The summed E-state index contributed by atoms with van der Waals surface area (Å²) < 4.78 is 0. The summed E-state index contributed by atoms with van der Waals surface area (Å²) in [6.07, 6.45) is 3.34. The lowest BCUT2D eigenvalue weighted by Gasteiger charge is -2.60. The van der Waals surface area contributed by atoms with Crippen LogP contribution in [0.5, 0.6) is 0 Å². The highest BCUT2D eigenvalue weighted by atomic mass is 15.4. The maximum atomic E-state index is 3.70. The highest BCUT2D eigenvalue weighted by Gasteiger charge is 2.49. The summed E-state index contributed by atoms with van der Waals surface area (Å²) in [5.74, 6) is 0.837. The van der Waals surface area contributed by atoms with Crippen LogP contribution in [0.2, 0.25) is 0 Å². The molecule has 1 N–H and O–H groups in total. The smallest absolute Gasteiger partial charge is 0.0604 e. The van der Waals surface area contributed by atoms with Gasteiger partial charge in [0.15, 0.2) is 0 Å². The largest absolute Gasteiger partial charge is 0.301 e. The second-order valence-electron chi connectivity index (χ2n) is 7.65. The zero-order chi connectivity index (χ0) is 12.1. The van der Waals surface area contributed by atoms with Crippen LogP contribution in [0, 0.1) is 11.3 Å². The lowest BCUT2D eigenvalue weighted by Crippen LogP contribution is -2.71. The minimum atomic E-state index is 0.273. The number of hydrogen-bond acceptors (Lipinski definition) is 2. The molecule has 2 heteroatoms. The van der Waals surface area contributed by atoms with E-state index in [0.29, 0.717) is 11.6 Å². The third-order valence-electron chi connectivity index (χ3n) is 4.17. The Labute approximate surface area is 101 Å². The minimum Gasteiger partial charge on any atom is -0.301 e. The minimum absolute atomic E-state index is 0.273. The molecule has 3 aliphatic rings. The Morgan fingerprint density at radius 2 is 1.62 bits per heavy atom. The van der Waals surface area contributed by atoms with Crippen LogP contribution >= 0.6 is 0 Å². The summed E-state index contributed by atoms with van der Waals surface area (Å²) in [4.78, 5) is 2.74. The standard InChI is InChI=1S/C14H28N2/c1-13(2,3)12-10-7-8-11(15-9-10)16(12)14(4,5)6/h10-12,15H,7-9H2,1-6H3. The van der Waals surface area contributed by atoms with E-state index in [0.717, 1.165) is 12.0 Å². The van der Waals surface area contributed by atoms with Gasteiger partial charge in [-0.1, -0.05) is 20.8 Å². The molecule has 94 valence electrons. The van der Waals surface area contributed by atoms with Crippen molar-refractivity contribution in [2.75, 3.05) is 6.54 Å². The monoisotopic (exact) mass is 224 g/mol. The summed E-state index contributed by atoms with van der Waals surface area (Å²) in [7, 11) is 0. The molecule has 0 aromatic heterocycles. The first kappa shape index (κ1) is 12.4. The first-order valence-corrected chi connectivity index (χ1v) is 6.73. The van der Waals surface area contributed by atoms with Gasteiger partial charge < -0.3 is 5.32 Å². The molecule has 3 unspecified atom stereocenters. The van der Waals surface area contributed by atoms with Gasteiger partial charge in [0.2, 0.25) is 0 Å². The first-order chi connectivity index (χ1) is 7.21. The van der Waals surface area contributed by atoms with Crippen molar-refractivity contribution in [3.63, 3.8) is 0 Å². The van der Waals surface area contributed by atoms with Crippen molar-refractivity contribution in [3.8, 4) is 0 Å². The topological polar surface area (TPSA) is 15.3 Å². The van der Waals surface area contributed by atoms with Gasteiger partial charge in [0, 0.05) is 18.1 Å². The molecule has 2 nitrogen and oxygen atoms in total. The van der Waals surface area contributed by atoms with Gasteiger partial charge in [-0.05, 0) is 44.9 Å². The Morgan fingerprint density at radius 1 is 1.00 bits per heavy atom. The fraction of sp³-hybridized carbons (Fsp3) is 1.00. The Hall–Kier alpha value is -0.0800. The second kappa shape index (κ2) is 3.71. The van der Waals surface area contributed by atoms with Gasteiger partial charge in [-0.2, -0.15) is 0 Å². The number of nitrogens with zero attached hydrogens (tertiary/aromatic N) is 1. The Morgan fingerprint density at radius 3 is 1.94 bits per heavy atom. The maximum absolute atomic E-state index is 3.70. The first-order valence-electron chi connectivity index (χ1n) is 6.73. The predicted octanol–water partition coefficient (Wildman–Crippen LogP) is 2.84. The van der Waals surface area contributed by atoms with Gasteiger partial charge in [0.05, 0.1) is 6.17 Å². The van der Waals surface area contributed by atoms with Gasteiger partial charge in [-0.3, -0.25) is 4.90 Å². The summed E-state index contributed by atoms with van der Waals surface area (Å²) in [6.45, 7) is 15.5. The average Bonchev–Trinajstić information content (AvgIpc) is 2.15. The van der Waals surface area contributed by atoms with Crippen LogP contribution in [0.25, 0.3) is 0 Å². The third kappa shape index (κ3) is 2.02. The highest BCUT2D eigenvalue weighted by Crippen LogP contribution is 2.43. The van der Waals surface area contributed by atoms with E-state index in [-0.39, 0.29) is 5.54 Å². The van der Waals surface area contributed by atoms with Gasteiger partial charge in [0.25, 0.3) is 0 Å². The molecular formula is C14H28N2. The number of fused-ring (bicyclic) bond motifs is 3. The molecule has 16 heavy (non-hydrogen) atoms. The lowest BCUT2D eigenvalue weighted by atomic mass is 9.70. The van der Waals surface area contributed by atoms with Crippen molar-refractivity contribution in [2.45, 2.75) is 72.1 Å². The second-order valence-corrected chi connectivity index (χ2v) is 7.65. The number of piperidine rings is 2. The van der Waals surface area contributed by atoms with Gasteiger partial charge >= 0.3 is 0 Å². The molecule has 3 rings (SSSR count). The van der Waals surface area contributed by atoms with Crippen LogP contribution in [0.4, 0.5) is 0 Å². The molecule has 0 radical (unpaired) electrons. The molecule has 2 bridgehead atoms. The van der Waals surface area contributed by atoms with Crippen molar-refractivity contribution in [1.82, 2.24) is 10.2 Å². The molecule has 0 aliphatic carbocycles. The van der Waals surface area contributed by atoms with E-state index in [1.54, 1.807) is 0 Å². The highest BCUT2D eigenvalue weighted by molar-refractivity contribution is 5.03. The molecule has 0 saturated carbocycles.